The summed E-state index contributed by atoms with van der Waals surface area (Å²) in [4.78, 5) is 18.5. The van der Waals surface area contributed by atoms with Crippen LogP contribution in [0.4, 0.5) is 9.52 Å². The van der Waals surface area contributed by atoms with Crippen molar-refractivity contribution in [1.29, 1.82) is 0 Å². The molecule has 210 valence electrons. The summed E-state index contributed by atoms with van der Waals surface area (Å²) in [5, 5.41) is 14.9. The number of rotatable bonds is 7. The smallest absolute Gasteiger partial charge is 0.335 e. The fraction of sp³-hybridized carbons (Fsp3) is 0.645. The van der Waals surface area contributed by atoms with E-state index in [1.165, 1.54) is 80.4 Å². The number of thiazole rings is 1. The quantitative estimate of drug-likeness (QED) is 0.305. The van der Waals surface area contributed by atoms with Crippen molar-refractivity contribution in [3.63, 3.8) is 0 Å². The van der Waals surface area contributed by atoms with E-state index in [2.05, 4.69) is 9.88 Å². The minimum absolute atomic E-state index is 0.0314. The van der Waals surface area contributed by atoms with Crippen molar-refractivity contribution < 1.29 is 23.6 Å². The number of ether oxygens (including phenoxy) is 1. The van der Waals surface area contributed by atoms with Crippen LogP contribution in [-0.2, 0) is 11.3 Å². The minimum atomic E-state index is -1.12. The maximum atomic E-state index is 14.7. The molecule has 1 saturated heterocycles. The van der Waals surface area contributed by atoms with Gasteiger partial charge in [-0.05, 0) is 87.7 Å². The van der Waals surface area contributed by atoms with Crippen molar-refractivity contribution in [2.45, 2.75) is 113 Å². The zero-order valence-electron chi connectivity index (χ0n) is 22.5. The molecular weight excluding hydrogens is 529 g/mol. The Morgan fingerprint density at radius 2 is 2.02 bits per heavy atom. The summed E-state index contributed by atoms with van der Waals surface area (Å²) < 4.78 is 28.1. The zero-order chi connectivity index (χ0) is 26.8. The van der Waals surface area contributed by atoms with E-state index >= 15 is 0 Å². The van der Waals surface area contributed by atoms with Crippen LogP contribution in [0.15, 0.2) is 16.7 Å². The largest absolute Gasteiger partial charge is 0.478 e. The second-order valence-corrected chi connectivity index (χ2v) is 14.5. The molecule has 7 nitrogen and oxygen atoms in total. The van der Waals surface area contributed by atoms with Crippen LogP contribution in [0.1, 0.15) is 116 Å². The Bertz CT molecular complexity index is 1540. The van der Waals surface area contributed by atoms with Crippen LogP contribution in [0.2, 0.25) is 0 Å². The van der Waals surface area contributed by atoms with Gasteiger partial charge in [-0.25, -0.2) is 14.2 Å². The number of benzene rings is 1. The maximum Gasteiger partial charge on any atom is 0.335 e. The molecule has 3 unspecified atom stereocenters. The molecule has 1 N–H and O–H groups in total. The van der Waals surface area contributed by atoms with E-state index in [9.17, 15) is 14.3 Å². The molecule has 5 aliphatic carbocycles. The van der Waals surface area contributed by atoms with Gasteiger partial charge < -0.3 is 19.3 Å². The summed E-state index contributed by atoms with van der Waals surface area (Å²) >= 11 is 1.41. The highest BCUT2D eigenvalue weighted by Crippen LogP contribution is 2.67. The van der Waals surface area contributed by atoms with Crippen molar-refractivity contribution in [1.82, 2.24) is 10.1 Å². The first-order valence-electron chi connectivity index (χ1n) is 15.2. The van der Waals surface area contributed by atoms with E-state index < -0.39 is 11.8 Å². The Kier molecular flexibility index (Phi) is 4.99. The molecule has 3 aromatic rings. The van der Waals surface area contributed by atoms with Gasteiger partial charge in [-0.3, -0.25) is 0 Å². The SMILES string of the molecule is O=C(O)c1cc(F)c2nc(N3C4CC(OCc5c(C6CCCCC67CC7)noc5C5CC5)C[C@@H]5CC[C@@]453)sc2c1. The monoisotopic (exact) mass is 563 g/mol. The number of carboxylic acid groups (broad SMARTS) is 1. The average molecular weight is 564 g/mol. The van der Waals surface area contributed by atoms with Gasteiger partial charge in [0.05, 0.1) is 40.2 Å². The van der Waals surface area contributed by atoms with Crippen molar-refractivity contribution in [2.24, 2.45) is 11.3 Å². The van der Waals surface area contributed by atoms with Gasteiger partial charge in [0.1, 0.15) is 11.3 Å². The first-order valence-corrected chi connectivity index (χ1v) is 16.0. The Morgan fingerprint density at radius 3 is 2.77 bits per heavy atom. The van der Waals surface area contributed by atoms with Gasteiger partial charge in [0.25, 0.3) is 0 Å². The van der Waals surface area contributed by atoms with E-state index in [1.54, 1.807) is 6.07 Å². The molecule has 0 amide bonds. The van der Waals surface area contributed by atoms with Crippen LogP contribution in [0.5, 0.6) is 0 Å². The number of carbonyl (C=O) groups is 1. The third kappa shape index (κ3) is 3.39. The lowest BCUT2D eigenvalue weighted by molar-refractivity contribution is -0.0165. The van der Waals surface area contributed by atoms with E-state index in [0.717, 1.165) is 36.2 Å². The third-order valence-electron chi connectivity index (χ3n) is 11.4. The van der Waals surface area contributed by atoms with Gasteiger partial charge in [-0.1, -0.05) is 29.3 Å². The van der Waals surface area contributed by atoms with Crippen LogP contribution in [0.25, 0.3) is 10.2 Å². The number of aromatic carboxylic acids is 1. The number of carboxylic acids is 1. The fourth-order valence-electron chi connectivity index (χ4n) is 8.87. The fourth-order valence-corrected chi connectivity index (χ4v) is 10.0. The Balaban J connectivity index is 0.954. The number of aromatic nitrogens is 2. The normalized spacial score (nSPS) is 33.5. The van der Waals surface area contributed by atoms with Gasteiger partial charge in [-0.15, -0.1) is 0 Å². The molecule has 40 heavy (non-hydrogen) atoms. The summed E-state index contributed by atoms with van der Waals surface area (Å²) in [5.74, 6) is 1.01. The highest BCUT2D eigenvalue weighted by Gasteiger charge is 2.73. The van der Waals surface area contributed by atoms with E-state index in [0.29, 0.717) is 40.5 Å². The Morgan fingerprint density at radius 1 is 1.15 bits per heavy atom. The highest BCUT2D eigenvalue weighted by atomic mass is 32.1. The van der Waals surface area contributed by atoms with Crippen LogP contribution in [0.3, 0.4) is 0 Å². The molecule has 1 aromatic carbocycles. The number of halogens is 1. The lowest BCUT2D eigenvalue weighted by Gasteiger charge is -2.42. The van der Waals surface area contributed by atoms with Crippen LogP contribution in [-0.4, -0.2) is 38.9 Å². The van der Waals surface area contributed by atoms with Gasteiger partial charge >= 0.3 is 5.97 Å². The number of nitrogens with zero attached hydrogens (tertiary/aromatic N) is 3. The second-order valence-electron chi connectivity index (χ2n) is 13.5. The number of hydrogen-bond donors (Lipinski definition) is 1. The van der Waals surface area contributed by atoms with Gasteiger partial charge in [-0.2, -0.15) is 0 Å². The Labute approximate surface area is 236 Å². The summed E-state index contributed by atoms with van der Waals surface area (Å²) in [6, 6.07) is 2.97. The minimum Gasteiger partial charge on any atom is -0.478 e. The van der Waals surface area contributed by atoms with Crippen molar-refractivity contribution >= 4 is 32.7 Å². The molecule has 0 radical (unpaired) electrons. The van der Waals surface area contributed by atoms with Crippen molar-refractivity contribution in [3.8, 4) is 0 Å². The molecule has 0 bridgehead atoms. The molecule has 6 aliphatic rings. The van der Waals surface area contributed by atoms with Crippen LogP contribution in [0, 0.1) is 17.2 Å². The topological polar surface area (TPSA) is 88.5 Å². The Hall–Kier alpha value is -2.52. The predicted molar refractivity (Wildman–Crippen MR) is 147 cm³/mol. The molecule has 9 heteroatoms. The lowest BCUT2D eigenvalue weighted by atomic mass is 9.64. The van der Waals surface area contributed by atoms with E-state index in [-0.39, 0.29) is 22.7 Å². The van der Waals surface area contributed by atoms with Crippen LogP contribution >= 0.6 is 11.3 Å². The first-order chi connectivity index (χ1) is 19.5. The standard InChI is InChI=1S/C31H34FN3O4S/c32-22-11-17(28(36)37)12-23-26(22)33-29(40-23)35-24-14-19(13-18-6-8-31(18,24)35)38-15-20-25(34-39-27(20)16-4-5-16)21-3-1-2-7-30(21)9-10-30/h11-12,16,18-19,21,24H,1-10,13-15H2,(H,36,37)/t18-,19?,21?,24?,31-,35?/m0/s1. The summed E-state index contributed by atoms with van der Waals surface area (Å²) in [7, 11) is 0. The third-order valence-corrected chi connectivity index (χ3v) is 12.4. The molecule has 3 heterocycles. The van der Waals surface area contributed by atoms with E-state index in [4.69, 9.17) is 14.4 Å². The molecule has 2 spiro atoms. The molecule has 2 aromatic heterocycles. The predicted octanol–water partition coefficient (Wildman–Crippen LogP) is 7.15. The average Bonchev–Trinajstić information content (AvgIpc) is 3.89. The molecular formula is C31H34FN3O4S. The van der Waals surface area contributed by atoms with Gasteiger partial charge in [0.15, 0.2) is 10.9 Å². The van der Waals surface area contributed by atoms with Gasteiger partial charge in [0, 0.05) is 17.4 Å². The summed E-state index contributed by atoms with van der Waals surface area (Å²) in [6.07, 6.45) is 14.7. The van der Waals surface area contributed by atoms with E-state index in [1.807, 2.05) is 0 Å². The molecule has 5 saturated carbocycles. The maximum absolute atomic E-state index is 14.7. The molecule has 9 rings (SSSR count). The molecule has 1 aliphatic heterocycles. The highest BCUT2D eigenvalue weighted by molar-refractivity contribution is 7.22. The summed E-state index contributed by atoms with van der Waals surface area (Å²) in [6.45, 7) is 0.596. The first kappa shape index (κ1) is 24.1. The number of hydrogen-bond acceptors (Lipinski definition) is 7. The number of fused-ring (bicyclic) bond motifs is 1. The molecule has 5 atom stereocenters. The van der Waals surface area contributed by atoms with Crippen molar-refractivity contribution in [3.05, 3.63) is 40.5 Å². The number of anilines is 1. The lowest BCUT2D eigenvalue weighted by Crippen LogP contribution is -2.46. The van der Waals surface area contributed by atoms with Gasteiger partial charge in [0.2, 0.25) is 0 Å². The van der Waals surface area contributed by atoms with Crippen LogP contribution < -0.4 is 4.90 Å². The second kappa shape index (κ2) is 8.28. The van der Waals surface area contributed by atoms with Crippen molar-refractivity contribution in [2.75, 3.05) is 4.90 Å². The molecule has 6 fully saturated rings. The zero-order valence-corrected chi connectivity index (χ0v) is 23.4. The summed E-state index contributed by atoms with van der Waals surface area (Å²) in [5.41, 5.74) is 3.31.